The highest BCUT2D eigenvalue weighted by Crippen LogP contribution is 2.26. The first-order valence-corrected chi connectivity index (χ1v) is 6.27. The summed E-state index contributed by atoms with van der Waals surface area (Å²) in [6, 6.07) is 7.50. The zero-order chi connectivity index (χ0) is 10.7. The third-order valence-electron chi connectivity index (χ3n) is 1.67. The summed E-state index contributed by atoms with van der Waals surface area (Å²) in [6.07, 6.45) is 0. The number of rotatable bonds is 3. The minimum Gasteiger partial charge on any atom is -0.478 e. The predicted molar refractivity (Wildman–Crippen MR) is 62.6 cm³/mol. The standard InChI is InChI=1S/C9H7ClN2OS2/c10-7-3-1-6(2-4-7)5-14-9-11-8(13)12-15-9/h1-4H,5H2,(H,12,13). The minimum atomic E-state index is -0.154. The van der Waals surface area contributed by atoms with E-state index < -0.39 is 0 Å². The highest BCUT2D eigenvalue weighted by molar-refractivity contribution is 8.00. The van der Waals surface area contributed by atoms with E-state index in [1.807, 2.05) is 24.3 Å². The average molecular weight is 259 g/mol. The van der Waals surface area contributed by atoms with E-state index in [2.05, 4.69) is 9.36 Å². The molecular formula is C9H7ClN2OS2. The average Bonchev–Trinajstić information content (AvgIpc) is 2.64. The second-order valence-electron chi connectivity index (χ2n) is 2.78. The molecule has 0 saturated carbocycles. The largest absolute Gasteiger partial charge is 0.478 e. The highest BCUT2D eigenvalue weighted by atomic mass is 35.5. The Labute approximate surface area is 100 Å². The van der Waals surface area contributed by atoms with Crippen molar-refractivity contribution in [3.05, 3.63) is 34.9 Å². The highest BCUT2D eigenvalue weighted by Gasteiger charge is 2.02. The molecule has 0 amide bonds. The number of aromatic nitrogens is 2. The zero-order valence-electron chi connectivity index (χ0n) is 7.55. The van der Waals surface area contributed by atoms with E-state index in [1.165, 1.54) is 17.1 Å². The maximum Gasteiger partial charge on any atom is 0.326 e. The van der Waals surface area contributed by atoms with Gasteiger partial charge in [0.1, 0.15) is 0 Å². The Morgan fingerprint density at radius 3 is 2.67 bits per heavy atom. The van der Waals surface area contributed by atoms with E-state index in [9.17, 15) is 0 Å². The molecule has 78 valence electrons. The molecule has 6 heteroatoms. The summed E-state index contributed by atoms with van der Waals surface area (Å²) in [6.45, 7) is 0. The fourth-order valence-corrected chi connectivity index (χ4v) is 2.56. The van der Waals surface area contributed by atoms with Crippen LogP contribution in [0.3, 0.4) is 0 Å². The van der Waals surface area contributed by atoms with Crippen LogP contribution in [0, 0.1) is 0 Å². The Hall–Kier alpha value is -0.780. The molecule has 1 N–H and O–H groups in total. The summed E-state index contributed by atoms with van der Waals surface area (Å²) in [5.74, 6) is 0.797. The van der Waals surface area contributed by atoms with Crippen molar-refractivity contribution in [1.29, 1.82) is 0 Å². The SMILES string of the molecule is Oc1nsc(SCc2ccc(Cl)cc2)n1. The second kappa shape index (κ2) is 4.83. The van der Waals surface area contributed by atoms with E-state index in [0.29, 0.717) is 0 Å². The maximum absolute atomic E-state index is 8.94. The molecule has 2 aromatic rings. The molecule has 0 bridgehead atoms. The summed E-state index contributed by atoms with van der Waals surface area (Å²) in [5, 5.41) is 9.68. The lowest BCUT2D eigenvalue weighted by Gasteiger charge is -1.98. The van der Waals surface area contributed by atoms with Crippen LogP contribution in [0.25, 0.3) is 0 Å². The van der Waals surface area contributed by atoms with Crippen LogP contribution < -0.4 is 0 Å². The molecule has 1 aromatic heterocycles. The quantitative estimate of drug-likeness (QED) is 0.859. The van der Waals surface area contributed by atoms with Crippen molar-refractivity contribution in [2.24, 2.45) is 0 Å². The number of thioether (sulfide) groups is 1. The third kappa shape index (κ3) is 3.09. The summed E-state index contributed by atoms with van der Waals surface area (Å²) in [5.41, 5.74) is 1.17. The number of halogens is 1. The number of benzene rings is 1. The number of hydrogen-bond acceptors (Lipinski definition) is 5. The van der Waals surface area contributed by atoms with E-state index in [4.69, 9.17) is 16.7 Å². The van der Waals surface area contributed by atoms with Gasteiger partial charge in [0.05, 0.1) is 0 Å². The summed E-state index contributed by atoms with van der Waals surface area (Å²) in [4.78, 5) is 3.84. The molecule has 0 aliphatic heterocycles. The number of hydrogen-bond donors (Lipinski definition) is 1. The van der Waals surface area contributed by atoms with Crippen molar-refractivity contribution in [3.63, 3.8) is 0 Å². The second-order valence-corrected chi connectivity index (χ2v) is 5.19. The van der Waals surface area contributed by atoms with Gasteiger partial charge in [0, 0.05) is 10.8 Å². The first kappa shape index (κ1) is 10.7. The van der Waals surface area contributed by atoms with E-state index in [1.54, 1.807) is 11.8 Å². The fraction of sp³-hybridized carbons (Fsp3) is 0.111. The van der Waals surface area contributed by atoms with E-state index >= 15 is 0 Å². The van der Waals surface area contributed by atoms with E-state index in [-0.39, 0.29) is 6.01 Å². The fourth-order valence-electron chi connectivity index (χ4n) is 0.987. The van der Waals surface area contributed by atoms with Crippen molar-refractivity contribution >= 4 is 34.9 Å². The lowest BCUT2D eigenvalue weighted by molar-refractivity contribution is 0.436. The van der Waals surface area contributed by atoms with Crippen LogP contribution in [-0.4, -0.2) is 14.5 Å². The van der Waals surface area contributed by atoms with Gasteiger partial charge >= 0.3 is 6.01 Å². The molecule has 0 saturated heterocycles. The molecule has 0 fully saturated rings. The molecule has 15 heavy (non-hydrogen) atoms. The number of aromatic hydroxyl groups is 1. The van der Waals surface area contributed by atoms with Gasteiger partial charge in [-0.3, -0.25) is 0 Å². The van der Waals surface area contributed by atoms with Gasteiger partial charge < -0.3 is 5.11 Å². The molecule has 0 atom stereocenters. The number of nitrogens with zero attached hydrogens (tertiary/aromatic N) is 2. The molecule has 0 unspecified atom stereocenters. The summed E-state index contributed by atoms with van der Waals surface area (Å²) in [7, 11) is 0. The van der Waals surface area contributed by atoms with Gasteiger partial charge in [-0.15, -0.1) is 4.37 Å². The topological polar surface area (TPSA) is 46.0 Å². The molecule has 0 aliphatic rings. The van der Waals surface area contributed by atoms with Gasteiger partial charge in [0.2, 0.25) is 0 Å². The molecular weight excluding hydrogens is 252 g/mol. The van der Waals surface area contributed by atoms with Crippen LogP contribution in [0.15, 0.2) is 28.6 Å². The van der Waals surface area contributed by atoms with Gasteiger partial charge in [-0.05, 0) is 29.2 Å². The monoisotopic (exact) mass is 258 g/mol. The first-order valence-electron chi connectivity index (χ1n) is 4.14. The van der Waals surface area contributed by atoms with Gasteiger partial charge in [-0.1, -0.05) is 35.5 Å². The van der Waals surface area contributed by atoms with Crippen molar-refractivity contribution < 1.29 is 5.11 Å². The lowest BCUT2D eigenvalue weighted by atomic mass is 10.2. The van der Waals surface area contributed by atoms with E-state index in [0.717, 1.165) is 15.1 Å². The Bertz CT molecular complexity index is 444. The Morgan fingerprint density at radius 2 is 2.07 bits per heavy atom. The summed E-state index contributed by atoms with van der Waals surface area (Å²) >= 11 is 8.51. The Balaban J connectivity index is 1.96. The zero-order valence-corrected chi connectivity index (χ0v) is 9.94. The lowest BCUT2D eigenvalue weighted by Crippen LogP contribution is -1.79. The smallest absolute Gasteiger partial charge is 0.326 e. The Morgan fingerprint density at radius 1 is 1.33 bits per heavy atom. The van der Waals surface area contributed by atoms with Crippen molar-refractivity contribution in [2.75, 3.05) is 0 Å². The molecule has 3 nitrogen and oxygen atoms in total. The van der Waals surface area contributed by atoms with Crippen LogP contribution in [0.1, 0.15) is 5.56 Å². The van der Waals surface area contributed by atoms with Crippen LogP contribution in [0.4, 0.5) is 0 Å². The van der Waals surface area contributed by atoms with Crippen LogP contribution in [-0.2, 0) is 5.75 Å². The first-order chi connectivity index (χ1) is 7.24. The van der Waals surface area contributed by atoms with Crippen molar-refractivity contribution in [2.45, 2.75) is 10.1 Å². The van der Waals surface area contributed by atoms with Crippen molar-refractivity contribution in [1.82, 2.24) is 9.36 Å². The molecule has 2 rings (SSSR count). The maximum atomic E-state index is 8.94. The molecule has 0 radical (unpaired) electrons. The molecule has 0 spiro atoms. The minimum absolute atomic E-state index is 0.154. The van der Waals surface area contributed by atoms with Gasteiger partial charge in [-0.2, -0.15) is 4.98 Å². The normalized spacial score (nSPS) is 10.5. The van der Waals surface area contributed by atoms with Crippen molar-refractivity contribution in [3.8, 4) is 6.01 Å². The third-order valence-corrected chi connectivity index (χ3v) is 3.82. The molecule has 0 aliphatic carbocycles. The van der Waals surface area contributed by atoms with Crippen LogP contribution in [0.5, 0.6) is 6.01 Å². The molecule has 1 aromatic carbocycles. The van der Waals surface area contributed by atoms with Crippen LogP contribution >= 0.6 is 34.9 Å². The Kier molecular flexibility index (Phi) is 3.45. The van der Waals surface area contributed by atoms with Gasteiger partial charge in [0.25, 0.3) is 0 Å². The molecule has 1 heterocycles. The van der Waals surface area contributed by atoms with Gasteiger partial charge in [-0.25, -0.2) is 0 Å². The van der Waals surface area contributed by atoms with Crippen LogP contribution in [0.2, 0.25) is 5.02 Å². The summed E-state index contributed by atoms with van der Waals surface area (Å²) < 4.78 is 4.45. The predicted octanol–water partition coefficient (Wildman–Crippen LogP) is 3.19. The van der Waals surface area contributed by atoms with Gasteiger partial charge in [0.15, 0.2) is 4.34 Å².